The molecule has 98 valence electrons. The minimum absolute atomic E-state index is 0.0155. The number of carbonyl (C=O) groups is 2. The largest absolute Gasteiger partial charge is 0.416 e. The summed E-state index contributed by atoms with van der Waals surface area (Å²) in [7, 11) is 0. The van der Waals surface area contributed by atoms with Gasteiger partial charge >= 0.3 is 6.18 Å². The van der Waals surface area contributed by atoms with E-state index in [0.717, 1.165) is 12.1 Å². The molecule has 0 saturated heterocycles. The Kier molecular flexibility index (Phi) is 4.88. The lowest BCUT2D eigenvalue weighted by Crippen LogP contribution is -2.22. The summed E-state index contributed by atoms with van der Waals surface area (Å²) in [5.74, 6) is -0.362. The molecule has 1 aromatic rings. The highest BCUT2D eigenvalue weighted by atomic mass is 19.4. The lowest BCUT2D eigenvalue weighted by Gasteiger charge is -2.09. The van der Waals surface area contributed by atoms with Crippen molar-refractivity contribution in [2.24, 2.45) is 0 Å². The number of halogens is 3. The van der Waals surface area contributed by atoms with Gasteiger partial charge < -0.3 is 10.1 Å². The van der Waals surface area contributed by atoms with Crippen molar-refractivity contribution in [3.8, 4) is 0 Å². The van der Waals surface area contributed by atoms with Crippen molar-refractivity contribution < 1.29 is 22.8 Å². The van der Waals surface area contributed by atoms with Crippen molar-refractivity contribution in [2.75, 3.05) is 0 Å². The van der Waals surface area contributed by atoms with Gasteiger partial charge in [0.1, 0.15) is 6.29 Å². The first kappa shape index (κ1) is 14.2. The van der Waals surface area contributed by atoms with Gasteiger partial charge in [-0.15, -0.1) is 0 Å². The summed E-state index contributed by atoms with van der Waals surface area (Å²) < 4.78 is 37.2. The molecule has 0 spiro atoms. The van der Waals surface area contributed by atoms with Gasteiger partial charge in [-0.05, 0) is 17.7 Å². The predicted octanol–water partition coefficient (Wildman–Crippen LogP) is 2.30. The molecule has 1 rings (SSSR count). The molecule has 0 heterocycles. The molecule has 3 nitrogen and oxygen atoms in total. The Morgan fingerprint density at radius 2 is 2.06 bits per heavy atom. The summed E-state index contributed by atoms with van der Waals surface area (Å²) in [6.07, 6.45) is -3.63. The van der Waals surface area contributed by atoms with Crippen LogP contribution < -0.4 is 5.32 Å². The first-order valence-electron chi connectivity index (χ1n) is 5.30. The van der Waals surface area contributed by atoms with Crippen LogP contribution in [0.3, 0.4) is 0 Å². The fraction of sp³-hybridized carbons (Fsp3) is 0.333. The van der Waals surface area contributed by atoms with Gasteiger partial charge in [0.25, 0.3) is 0 Å². The molecule has 0 aliphatic carbocycles. The number of hydrogen-bond acceptors (Lipinski definition) is 2. The quantitative estimate of drug-likeness (QED) is 0.825. The predicted molar refractivity (Wildman–Crippen MR) is 58.6 cm³/mol. The zero-order valence-electron chi connectivity index (χ0n) is 9.46. The van der Waals surface area contributed by atoms with Crippen LogP contribution in [0.15, 0.2) is 24.3 Å². The Bertz CT molecular complexity index is 430. The minimum Gasteiger partial charge on any atom is -0.352 e. The Labute approximate surface area is 102 Å². The van der Waals surface area contributed by atoms with Crippen LogP contribution >= 0.6 is 0 Å². The molecule has 0 unspecified atom stereocenters. The standard InChI is InChI=1S/C12H12F3NO2/c13-12(14,15)10-4-1-3-9(7-10)8-16-11(18)5-2-6-17/h1,3-4,6-7H,2,5,8H2,(H,16,18). The van der Waals surface area contributed by atoms with Gasteiger partial charge in [-0.1, -0.05) is 12.1 Å². The summed E-state index contributed by atoms with van der Waals surface area (Å²) in [6, 6.07) is 4.74. The molecule has 0 aromatic heterocycles. The van der Waals surface area contributed by atoms with Crippen molar-refractivity contribution in [1.82, 2.24) is 5.32 Å². The number of nitrogens with one attached hydrogen (secondary N) is 1. The van der Waals surface area contributed by atoms with Crippen LogP contribution in [0.4, 0.5) is 13.2 Å². The molecular weight excluding hydrogens is 247 g/mol. The first-order valence-corrected chi connectivity index (χ1v) is 5.30. The average Bonchev–Trinajstić information content (AvgIpc) is 2.33. The second kappa shape index (κ2) is 6.18. The van der Waals surface area contributed by atoms with E-state index in [1.54, 1.807) is 0 Å². The van der Waals surface area contributed by atoms with E-state index >= 15 is 0 Å². The van der Waals surface area contributed by atoms with Gasteiger partial charge in [0, 0.05) is 19.4 Å². The number of alkyl halides is 3. The van der Waals surface area contributed by atoms with Crippen molar-refractivity contribution in [3.63, 3.8) is 0 Å². The van der Waals surface area contributed by atoms with Crippen molar-refractivity contribution in [1.29, 1.82) is 0 Å². The lowest BCUT2D eigenvalue weighted by molar-refractivity contribution is -0.137. The Morgan fingerprint density at radius 1 is 1.33 bits per heavy atom. The SMILES string of the molecule is O=CCCC(=O)NCc1cccc(C(F)(F)F)c1. The molecule has 0 aliphatic rings. The Balaban J connectivity index is 2.58. The fourth-order valence-corrected chi connectivity index (χ4v) is 1.34. The van der Waals surface area contributed by atoms with Gasteiger partial charge in [-0.3, -0.25) is 4.79 Å². The zero-order chi connectivity index (χ0) is 13.6. The molecule has 18 heavy (non-hydrogen) atoms. The number of carbonyl (C=O) groups excluding carboxylic acids is 2. The highest BCUT2D eigenvalue weighted by Crippen LogP contribution is 2.29. The molecule has 0 aliphatic heterocycles. The number of rotatable bonds is 5. The van der Waals surface area contributed by atoms with Crippen LogP contribution in [0.25, 0.3) is 0 Å². The second-order valence-electron chi connectivity index (χ2n) is 3.68. The van der Waals surface area contributed by atoms with Gasteiger partial charge in [0.15, 0.2) is 0 Å². The second-order valence-corrected chi connectivity index (χ2v) is 3.68. The molecule has 0 saturated carbocycles. The number of hydrogen-bond donors (Lipinski definition) is 1. The average molecular weight is 259 g/mol. The van der Waals surface area contributed by atoms with E-state index in [-0.39, 0.29) is 25.3 Å². The van der Waals surface area contributed by atoms with Crippen LogP contribution in [0.1, 0.15) is 24.0 Å². The highest BCUT2D eigenvalue weighted by molar-refractivity contribution is 5.78. The third kappa shape index (κ3) is 4.57. The number of aldehydes is 1. The van der Waals surface area contributed by atoms with Crippen LogP contribution in [0.5, 0.6) is 0 Å². The molecule has 0 atom stereocenters. The van der Waals surface area contributed by atoms with E-state index in [1.807, 2.05) is 0 Å². The summed E-state index contributed by atoms with van der Waals surface area (Å²) >= 11 is 0. The van der Waals surface area contributed by atoms with Crippen LogP contribution in [0, 0.1) is 0 Å². The van der Waals surface area contributed by atoms with Crippen LogP contribution in [-0.2, 0) is 22.3 Å². The van der Waals surface area contributed by atoms with Gasteiger partial charge in [0.2, 0.25) is 5.91 Å². The summed E-state index contributed by atoms with van der Waals surface area (Å²) in [5, 5.41) is 2.45. The van der Waals surface area contributed by atoms with Crippen LogP contribution in [-0.4, -0.2) is 12.2 Å². The molecule has 1 aromatic carbocycles. The van der Waals surface area contributed by atoms with E-state index in [2.05, 4.69) is 5.32 Å². The first-order chi connectivity index (χ1) is 8.43. The topological polar surface area (TPSA) is 46.2 Å². The van der Waals surface area contributed by atoms with Crippen LogP contribution in [0.2, 0.25) is 0 Å². The zero-order valence-corrected chi connectivity index (χ0v) is 9.46. The molecular formula is C12H12F3NO2. The van der Waals surface area contributed by atoms with Gasteiger partial charge in [-0.25, -0.2) is 0 Å². The van der Waals surface area contributed by atoms with Crippen molar-refractivity contribution in [3.05, 3.63) is 35.4 Å². The normalized spacial score (nSPS) is 11.1. The summed E-state index contributed by atoms with van der Waals surface area (Å²) in [4.78, 5) is 21.2. The van der Waals surface area contributed by atoms with E-state index in [9.17, 15) is 22.8 Å². The lowest BCUT2D eigenvalue weighted by atomic mass is 10.1. The van der Waals surface area contributed by atoms with E-state index in [0.29, 0.717) is 11.8 Å². The maximum absolute atomic E-state index is 12.4. The molecule has 0 radical (unpaired) electrons. The molecule has 0 bridgehead atoms. The van der Waals surface area contributed by atoms with Crippen molar-refractivity contribution in [2.45, 2.75) is 25.6 Å². The minimum atomic E-state index is -4.39. The molecule has 1 N–H and O–H groups in total. The highest BCUT2D eigenvalue weighted by Gasteiger charge is 2.30. The van der Waals surface area contributed by atoms with Gasteiger partial charge in [-0.2, -0.15) is 13.2 Å². The van der Waals surface area contributed by atoms with E-state index in [1.165, 1.54) is 12.1 Å². The maximum atomic E-state index is 12.4. The Morgan fingerprint density at radius 3 is 2.67 bits per heavy atom. The van der Waals surface area contributed by atoms with E-state index in [4.69, 9.17) is 0 Å². The molecule has 6 heteroatoms. The fourth-order valence-electron chi connectivity index (χ4n) is 1.34. The number of benzene rings is 1. The molecule has 0 fully saturated rings. The van der Waals surface area contributed by atoms with E-state index < -0.39 is 11.7 Å². The Hall–Kier alpha value is -1.85. The summed E-state index contributed by atoms with van der Waals surface area (Å²) in [6.45, 7) is 0.0155. The maximum Gasteiger partial charge on any atom is 0.416 e. The number of amides is 1. The molecule has 1 amide bonds. The summed E-state index contributed by atoms with van der Waals surface area (Å²) in [5.41, 5.74) is -0.383. The smallest absolute Gasteiger partial charge is 0.352 e. The van der Waals surface area contributed by atoms with Crippen molar-refractivity contribution >= 4 is 12.2 Å². The van der Waals surface area contributed by atoms with Gasteiger partial charge in [0.05, 0.1) is 5.56 Å². The third-order valence-corrected chi connectivity index (χ3v) is 2.23. The third-order valence-electron chi connectivity index (χ3n) is 2.23. The monoisotopic (exact) mass is 259 g/mol.